The van der Waals surface area contributed by atoms with Gasteiger partial charge in [0.15, 0.2) is 0 Å². The standard InChI is InChI=1S/C17H13ClN2O2S/c18-15-8-10-16(11-9-15)23(21,22)20-19-12-14-6-3-5-13-4-1-2-7-17(13)14/h1-12,20H. The van der Waals surface area contributed by atoms with Gasteiger partial charge in [-0.25, -0.2) is 4.83 Å². The summed E-state index contributed by atoms with van der Waals surface area (Å²) < 4.78 is 24.3. The monoisotopic (exact) mass is 344 g/mol. The van der Waals surface area contributed by atoms with Crippen molar-refractivity contribution >= 4 is 38.6 Å². The van der Waals surface area contributed by atoms with E-state index in [-0.39, 0.29) is 4.90 Å². The molecule has 0 saturated heterocycles. The minimum absolute atomic E-state index is 0.108. The first-order valence-electron chi connectivity index (χ1n) is 6.84. The van der Waals surface area contributed by atoms with E-state index in [4.69, 9.17) is 11.6 Å². The number of fused-ring (bicyclic) bond motifs is 1. The Morgan fingerprint density at radius 1 is 0.913 bits per heavy atom. The molecular formula is C17H13ClN2O2S. The first-order chi connectivity index (χ1) is 11.1. The first-order valence-corrected chi connectivity index (χ1v) is 8.70. The van der Waals surface area contributed by atoms with Gasteiger partial charge in [-0.15, -0.1) is 0 Å². The highest BCUT2D eigenvalue weighted by Gasteiger charge is 2.12. The highest BCUT2D eigenvalue weighted by atomic mass is 35.5. The summed E-state index contributed by atoms with van der Waals surface area (Å²) >= 11 is 5.76. The Hall–Kier alpha value is -2.37. The molecule has 0 aliphatic rings. The van der Waals surface area contributed by atoms with Gasteiger partial charge in [0, 0.05) is 10.6 Å². The van der Waals surface area contributed by atoms with Gasteiger partial charge in [0.05, 0.1) is 11.1 Å². The van der Waals surface area contributed by atoms with E-state index in [1.165, 1.54) is 30.5 Å². The molecule has 0 amide bonds. The Balaban J connectivity index is 1.84. The number of nitrogens with zero attached hydrogens (tertiary/aromatic N) is 1. The SMILES string of the molecule is O=S(=O)(NN=Cc1cccc2ccccc12)c1ccc(Cl)cc1. The summed E-state index contributed by atoms with van der Waals surface area (Å²) in [5.41, 5.74) is 0.835. The zero-order chi connectivity index (χ0) is 16.3. The van der Waals surface area contributed by atoms with Gasteiger partial charge >= 0.3 is 0 Å². The van der Waals surface area contributed by atoms with Gasteiger partial charge < -0.3 is 0 Å². The van der Waals surface area contributed by atoms with E-state index in [1.54, 1.807) is 0 Å². The molecule has 1 N–H and O–H groups in total. The molecule has 0 aliphatic carbocycles. The van der Waals surface area contributed by atoms with Crippen molar-refractivity contribution in [1.82, 2.24) is 4.83 Å². The summed E-state index contributed by atoms with van der Waals surface area (Å²) in [5, 5.41) is 6.41. The van der Waals surface area contributed by atoms with Gasteiger partial charge in [-0.3, -0.25) is 0 Å². The molecule has 116 valence electrons. The number of halogens is 1. The molecule has 0 unspecified atom stereocenters. The molecule has 0 fully saturated rings. The predicted octanol–water partition coefficient (Wildman–Crippen LogP) is 3.81. The summed E-state index contributed by atoms with van der Waals surface area (Å²) in [5.74, 6) is 0. The maximum absolute atomic E-state index is 12.1. The second-order valence-corrected chi connectivity index (χ2v) is 6.97. The van der Waals surface area contributed by atoms with Gasteiger partial charge in [-0.2, -0.15) is 13.5 Å². The third kappa shape index (κ3) is 3.52. The number of sulfonamides is 1. The molecule has 0 heterocycles. The van der Waals surface area contributed by atoms with Crippen LogP contribution in [-0.2, 0) is 10.0 Å². The quantitative estimate of drug-likeness (QED) is 0.578. The van der Waals surface area contributed by atoms with Crippen molar-refractivity contribution in [2.45, 2.75) is 4.90 Å². The number of hydrogen-bond acceptors (Lipinski definition) is 3. The van der Waals surface area contributed by atoms with Gasteiger partial charge in [-0.05, 0) is 35.0 Å². The maximum Gasteiger partial charge on any atom is 0.276 e. The number of nitrogens with one attached hydrogen (secondary N) is 1. The second-order valence-electron chi connectivity index (χ2n) is 4.88. The average Bonchev–Trinajstić information content (AvgIpc) is 2.55. The van der Waals surface area contributed by atoms with E-state index < -0.39 is 10.0 Å². The van der Waals surface area contributed by atoms with E-state index in [2.05, 4.69) is 9.93 Å². The zero-order valence-corrected chi connectivity index (χ0v) is 13.6. The second kappa shape index (κ2) is 6.40. The van der Waals surface area contributed by atoms with Crippen LogP contribution in [-0.4, -0.2) is 14.6 Å². The minimum Gasteiger partial charge on any atom is -0.200 e. The Bertz CT molecular complexity index is 962. The molecule has 6 heteroatoms. The fourth-order valence-electron chi connectivity index (χ4n) is 2.19. The molecule has 3 aromatic carbocycles. The van der Waals surface area contributed by atoms with Crippen molar-refractivity contribution in [1.29, 1.82) is 0 Å². The number of benzene rings is 3. The molecule has 0 aliphatic heterocycles. The van der Waals surface area contributed by atoms with Crippen LogP contribution in [0.3, 0.4) is 0 Å². The van der Waals surface area contributed by atoms with Crippen LogP contribution in [0.2, 0.25) is 5.02 Å². The van der Waals surface area contributed by atoms with Crippen LogP contribution in [0.15, 0.2) is 76.7 Å². The molecule has 0 saturated carbocycles. The van der Waals surface area contributed by atoms with Crippen LogP contribution < -0.4 is 4.83 Å². The van der Waals surface area contributed by atoms with Crippen LogP contribution >= 0.6 is 11.6 Å². The van der Waals surface area contributed by atoms with Gasteiger partial charge in [0.1, 0.15) is 0 Å². The maximum atomic E-state index is 12.1. The smallest absolute Gasteiger partial charge is 0.200 e. The Labute approximate surface area is 139 Å². The van der Waals surface area contributed by atoms with E-state index in [0.717, 1.165) is 16.3 Å². The van der Waals surface area contributed by atoms with Gasteiger partial charge in [-0.1, -0.05) is 54.1 Å². The topological polar surface area (TPSA) is 58.5 Å². The zero-order valence-electron chi connectivity index (χ0n) is 12.0. The van der Waals surface area contributed by atoms with Crippen molar-refractivity contribution in [2.24, 2.45) is 5.10 Å². The molecule has 3 aromatic rings. The lowest BCUT2D eigenvalue weighted by Gasteiger charge is -2.04. The minimum atomic E-state index is -3.71. The van der Waals surface area contributed by atoms with E-state index in [9.17, 15) is 8.42 Å². The average molecular weight is 345 g/mol. The van der Waals surface area contributed by atoms with Crippen molar-refractivity contribution in [3.05, 3.63) is 77.3 Å². The predicted molar refractivity (Wildman–Crippen MR) is 93.3 cm³/mol. The van der Waals surface area contributed by atoms with Crippen LogP contribution in [0.4, 0.5) is 0 Å². The van der Waals surface area contributed by atoms with Crippen LogP contribution in [0.5, 0.6) is 0 Å². The fraction of sp³-hybridized carbons (Fsp3) is 0. The molecule has 3 rings (SSSR count). The molecule has 0 radical (unpaired) electrons. The molecule has 0 spiro atoms. The largest absolute Gasteiger partial charge is 0.276 e. The third-order valence-electron chi connectivity index (χ3n) is 3.32. The molecule has 4 nitrogen and oxygen atoms in total. The van der Waals surface area contributed by atoms with Crippen molar-refractivity contribution in [3.8, 4) is 0 Å². The molecule has 0 atom stereocenters. The summed E-state index contributed by atoms with van der Waals surface area (Å²) in [6.45, 7) is 0. The Morgan fingerprint density at radius 3 is 2.39 bits per heavy atom. The van der Waals surface area contributed by atoms with Crippen molar-refractivity contribution < 1.29 is 8.42 Å². The number of rotatable bonds is 4. The normalized spacial score (nSPS) is 11.9. The lowest BCUT2D eigenvalue weighted by molar-refractivity contribution is 0.584. The van der Waals surface area contributed by atoms with Crippen LogP contribution in [0.1, 0.15) is 5.56 Å². The summed E-state index contributed by atoms with van der Waals surface area (Å²) in [6.07, 6.45) is 1.50. The number of hydrogen-bond donors (Lipinski definition) is 1. The summed E-state index contributed by atoms with van der Waals surface area (Å²) in [6, 6.07) is 19.5. The molecular weight excluding hydrogens is 332 g/mol. The van der Waals surface area contributed by atoms with E-state index in [1.807, 2.05) is 42.5 Å². The third-order valence-corrected chi connectivity index (χ3v) is 4.81. The van der Waals surface area contributed by atoms with Gasteiger partial charge in [0.25, 0.3) is 10.0 Å². The molecule has 23 heavy (non-hydrogen) atoms. The Kier molecular flexibility index (Phi) is 4.32. The number of hydrazone groups is 1. The van der Waals surface area contributed by atoms with Crippen molar-refractivity contribution in [3.63, 3.8) is 0 Å². The van der Waals surface area contributed by atoms with Crippen LogP contribution in [0, 0.1) is 0 Å². The lowest BCUT2D eigenvalue weighted by Crippen LogP contribution is -2.18. The van der Waals surface area contributed by atoms with Crippen molar-refractivity contribution in [2.75, 3.05) is 0 Å². The molecule has 0 aromatic heterocycles. The highest BCUT2D eigenvalue weighted by molar-refractivity contribution is 7.89. The molecule has 0 bridgehead atoms. The lowest BCUT2D eigenvalue weighted by atomic mass is 10.1. The van der Waals surface area contributed by atoms with E-state index >= 15 is 0 Å². The Morgan fingerprint density at radius 2 is 1.61 bits per heavy atom. The van der Waals surface area contributed by atoms with Gasteiger partial charge in [0.2, 0.25) is 0 Å². The summed E-state index contributed by atoms with van der Waals surface area (Å²) in [4.78, 5) is 2.31. The van der Waals surface area contributed by atoms with E-state index in [0.29, 0.717) is 5.02 Å². The first kappa shape index (κ1) is 15.5. The van der Waals surface area contributed by atoms with Crippen LogP contribution in [0.25, 0.3) is 10.8 Å². The fourth-order valence-corrected chi connectivity index (χ4v) is 3.11. The summed E-state index contributed by atoms with van der Waals surface area (Å²) in [7, 11) is -3.71. The highest BCUT2D eigenvalue weighted by Crippen LogP contribution is 2.17.